The first-order valence-corrected chi connectivity index (χ1v) is 5.29. The van der Waals surface area contributed by atoms with E-state index in [9.17, 15) is 9.18 Å². The number of halogens is 1. The molecule has 4 nitrogen and oxygen atoms in total. The molecule has 94 valence electrons. The molecule has 0 aromatic heterocycles. The van der Waals surface area contributed by atoms with Crippen LogP contribution in [0, 0.1) is 0 Å². The van der Waals surface area contributed by atoms with Gasteiger partial charge in [0.25, 0.3) is 0 Å². The van der Waals surface area contributed by atoms with Crippen LogP contribution in [0.5, 0.6) is 5.75 Å². The molecule has 0 aliphatic carbocycles. The van der Waals surface area contributed by atoms with Gasteiger partial charge in [-0.2, -0.15) is 0 Å². The second-order valence-corrected chi connectivity index (χ2v) is 3.71. The number of carbonyl (C=O) groups is 1. The summed E-state index contributed by atoms with van der Waals surface area (Å²) < 4.78 is 18.0. The molecule has 1 rings (SSSR count). The van der Waals surface area contributed by atoms with Crippen LogP contribution in [0.15, 0.2) is 18.2 Å². The van der Waals surface area contributed by atoms with E-state index < -0.39 is 18.7 Å². The van der Waals surface area contributed by atoms with Crippen molar-refractivity contribution in [3.8, 4) is 5.75 Å². The predicted molar refractivity (Wildman–Crippen MR) is 61.6 cm³/mol. The molecule has 3 N–H and O–H groups in total. The van der Waals surface area contributed by atoms with Crippen molar-refractivity contribution < 1.29 is 19.0 Å². The molecule has 1 aromatic rings. The number of alkyl halides is 1. The van der Waals surface area contributed by atoms with Crippen molar-refractivity contribution in [1.82, 2.24) is 0 Å². The van der Waals surface area contributed by atoms with Gasteiger partial charge in [0.15, 0.2) is 0 Å². The summed E-state index contributed by atoms with van der Waals surface area (Å²) in [6, 6.07) is 4.46. The van der Waals surface area contributed by atoms with Gasteiger partial charge in [0.2, 0.25) is 0 Å². The molecule has 0 amide bonds. The highest BCUT2D eigenvalue weighted by atomic mass is 19.1. The zero-order valence-electron chi connectivity index (χ0n) is 9.65. The highest BCUT2D eigenvalue weighted by molar-refractivity contribution is 5.66. The SMILES string of the molecule is COc1cccc(CF)c1C(N)CCC(=O)O. The number of nitrogens with two attached hydrogens (primary N) is 1. The summed E-state index contributed by atoms with van der Waals surface area (Å²) in [5, 5.41) is 8.60. The van der Waals surface area contributed by atoms with E-state index in [1.807, 2.05) is 0 Å². The van der Waals surface area contributed by atoms with Crippen LogP contribution in [0.1, 0.15) is 30.0 Å². The number of benzene rings is 1. The Morgan fingerprint density at radius 3 is 2.82 bits per heavy atom. The van der Waals surface area contributed by atoms with E-state index in [1.54, 1.807) is 18.2 Å². The minimum Gasteiger partial charge on any atom is -0.496 e. The van der Waals surface area contributed by atoms with Crippen LogP contribution in [0.4, 0.5) is 4.39 Å². The Hall–Kier alpha value is -1.62. The molecule has 0 fully saturated rings. The van der Waals surface area contributed by atoms with Crippen molar-refractivity contribution in [2.75, 3.05) is 7.11 Å². The van der Waals surface area contributed by atoms with Gasteiger partial charge in [0.1, 0.15) is 12.4 Å². The molecular weight excluding hydrogens is 225 g/mol. The Labute approximate surface area is 99.2 Å². The third-order valence-electron chi connectivity index (χ3n) is 2.56. The lowest BCUT2D eigenvalue weighted by molar-refractivity contribution is -0.137. The van der Waals surface area contributed by atoms with Crippen LogP contribution in [0.25, 0.3) is 0 Å². The van der Waals surface area contributed by atoms with Gasteiger partial charge >= 0.3 is 5.97 Å². The molecule has 0 saturated carbocycles. The van der Waals surface area contributed by atoms with Gasteiger partial charge in [0.05, 0.1) is 7.11 Å². The van der Waals surface area contributed by atoms with Crippen molar-refractivity contribution in [1.29, 1.82) is 0 Å². The molecule has 1 aromatic carbocycles. The molecule has 0 spiro atoms. The Balaban J connectivity index is 2.96. The van der Waals surface area contributed by atoms with E-state index in [0.717, 1.165) is 0 Å². The molecule has 17 heavy (non-hydrogen) atoms. The van der Waals surface area contributed by atoms with Crippen molar-refractivity contribution in [3.05, 3.63) is 29.3 Å². The first-order chi connectivity index (χ1) is 8.10. The fourth-order valence-electron chi connectivity index (χ4n) is 1.73. The maximum absolute atomic E-state index is 12.8. The van der Waals surface area contributed by atoms with Gasteiger partial charge in [-0.15, -0.1) is 0 Å². The highest BCUT2D eigenvalue weighted by Crippen LogP contribution is 2.30. The Bertz CT molecular complexity index is 373. The van der Waals surface area contributed by atoms with Crippen molar-refractivity contribution >= 4 is 5.97 Å². The maximum Gasteiger partial charge on any atom is 0.303 e. The zero-order chi connectivity index (χ0) is 12.8. The molecule has 0 heterocycles. The normalized spacial score (nSPS) is 12.2. The fourth-order valence-corrected chi connectivity index (χ4v) is 1.73. The standard InChI is InChI=1S/C12H16FNO3/c1-17-10-4-2-3-8(7-13)12(10)9(14)5-6-11(15)16/h2-4,9H,5-7,14H2,1H3,(H,15,16). The number of methoxy groups -OCH3 is 1. The zero-order valence-corrected chi connectivity index (χ0v) is 9.65. The van der Waals surface area contributed by atoms with E-state index in [4.69, 9.17) is 15.6 Å². The molecule has 0 radical (unpaired) electrons. The van der Waals surface area contributed by atoms with Crippen LogP contribution >= 0.6 is 0 Å². The van der Waals surface area contributed by atoms with Gasteiger partial charge in [-0.3, -0.25) is 4.79 Å². The number of carboxylic acids is 1. The van der Waals surface area contributed by atoms with Crippen LogP contribution in [0.2, 0.25) is 0 Å². The lowest BCUT2D eigenvalue weighted by atomic mass is 9.97. The van der Waals surface area contributed by atoms with Gasteiger partial charge in [-0.25, -0.2) is 4.39 Å². The number of carboxylic acid groups (broad SMARTS) is 1. The van der Waals surface area contributed by atoms with Gasteiger partial charge in [-0.05, 0) is 18.1 Å². The lowest BCUT2D eigenvalue weighted by Crippen LogP contribution is -2.15. The summed E-state index contributed by atoms with van der Waals surface area (Å²) >= 11 is 0. The Morgan fingerprint density at radius 1 is 1.59 bits per heavy atom. The van der Waals surface area contributed by atoms with Crippen LogP contribution < -0.4 is 10.5 Å². The molecule has 5 heteroatoms. The second kappa shape index (κ2) is 6.20. The van der Waals surface area contributed by atoms with Gasteiger partial charge in [0, 0.05) is 18.0 Å². The van der Waals surface area contributed by atoms with Crippen molar-refractivity contribution in [2.45, 2.75) is 25.6 Å². The van der Waals surface area contributed by atoms with Crippen molar-refractivity contribution in [3.63, 3.8) is 0 Å². The second-order valence-electron chi connectivity index (χ2n) is 3.71. The lowest BCUT2D eigenvalue weighted by Gasteiger charge is -2.17. The predicted octanol–water partition coefficient (Wildman–Crippen LogP) is 2.03. The summed E-state index contributed by atoms with van der Waals surface area (Å²) in [4.78, 5) is 10.5. The minimum absolute atomic E-state index is 0.0507. The monoisotopic (exact) mass is 241 g/mol. The minimum atomic E-state index is -0.919. The summed E-state index contributed by atoms with van der Waals surface area (Å²) in [6.45, 7) is -0.646. The Kier molecular flexibility index (Phi) is 4.90. The third-order valence-corrected chi connectivity index (χ3v) is 2.56. The number of aliphatic carboxylic acids is 1. The summed E-state index contributed by atoms with van der Waals surface area (Å²) in [7, 11) is 1.48. The van der Waals surface area contributed by atoms with Crippen LogP contribution in [0.3, 0.4) is 0 Å². The Morgan fingerprint density at radius 2 is 2.29 bits per heavy atom. The largest absolute Gasteiger partial charge is 0.496 e. The van der Waals surface area contributed by atoms with Crippen molar-refractivity contribution in [2.24, 2.45) is 5.73 Å². The topological polar surface area (TPSA) is 72.5 Å². The molecule has 1 unspecified atom stereocenters. The summed E-state index contributed by atoms with van der Waals surface area (Å²) in [6.07, 6.45) is 0.202. The first-order valence-electron chi connectivity index (χ1n) is 5.29. The van der Waals surface area contributed by atoms with E-state index in [0.29, 0.717) is 16.9 Å². The van der Waals surface area contributed by atoms with Crippen LogP contribution in [-0.2, 0) is 11.5 Å². The fraction of sp³-hybridized carbons (Fsp3) is 0.417. The molecule has 0 saturated heterocycles. The number of hydrogen-bond donors (Lipinski definition) is 2. The van der Waals surface area contributed by atoms with E-state index in [-0.39, 0.29) is 12.8 Å². The van der Waals surface area contributed by atoms with Gasteiger partial charge in [-0.1, -0.05) is 12.1 Å². The molecule has 0 aliphatic heterocycles. The smallest absolute Gasteiger partial charge is 0.303 e. The number of rotatable bonds is 6. The highest BCUT2D eigenvalue weighted by Gasteiger charge is 2.17. The molecule has 0 bridgehead atoms. The average Bonchev–Trinajstić information content (AvgIpc) is 2.34. The van der Waals surface area contributed by atoms with E-state index in [2.05, 4.69) is 0 Å². The quantitative estimate of drug-likeness (QED) is 0.799. The van der Waals surface area contributed by atoms with Crippen LogP contribution in [-0.4, -0.2) is 18.2 Å². The molecular formula is C12H16FNO3. The molecule has 1 atom stereocenters. The summed E-state index contributed by atoms with van der Waals surface area (Å²) in [5.74, 6) is -0.421. The van der Waals surface area contributed by atoms with E-state index >= 15 is 0 Å². The third kappa shape index (κ3) is 3.42. The van der Waals surface area contributed by atoms with E-state index in [1.165, 1.54) is 7.11 Å². The number of hydrogen-bond acceptors (Lipinski definition) is 3. The first kappa shape index (κ1) is 13.4. The maximum atomic E-state index is 12.8. The average molecular weight is 241 g/mol. The molecule has 0 aliphatic rings. The number of ether oxygens (including phenoxy) is 1. The van der Waals surface area contributed by atoms with Gasteiger partial charge < -0.3 is 15.6 Å². The summed E-state index contributed by atoms with van der Waals surface area (Å²) in [5.41, 5.74) is 6.89.